The Bertz CT molecular complexity index is 521. The van der Waals surface area contributed by atoms with Gasteiger partial charge in [-0.05, 0) is 0 Å². The van der Waals surface area contributed by atoms with Crippen molar-refractivity contribution in [1.29, 1.82) is 0 Å². The van der Waals surface area contributed by atoms with Gasteiger partial charge in [-0.25, -0.2) is 0 Å². The van der Waals surface area contributed by atoms with Gasteiger partial charge in [-0.15, -0.1) is 0 Å². The van der Waals surface area contributed by atoms with Crippen molar-refractivity contribution in [1.82, 2.24) is 4.90 Å². The van der Waals surface area contributed by atoms with E-state index in [1.54, 1.807) is 0 Å². The second-order valence-corrected chi connectivity index (χ2v) is 42.2. The molecule has 0 saturated heterocycles. The molecule has 1 heterocycles. The summed E-state index contributed by atoms with van der Waals surface area (Å²) in [6.07, 6.45) is 0. The van der Waals surface area contributed by atoms with E-state index in [9.17, 15) is 4.79 Å². The third-order valence-electron chi connectivity index (χ3n) is 4.00. The van der Waals surface area contributed by atoms with Gasteiger partial charge in [-0.3, -0.25) is 0 Å². The van der Waals surface area contributed by atoms with Crippen molar-refractivity contribution in [3.63, 3.8) is 0 Å². The zero-order chi connectivity index (χ0) is 14.4. The van der Waals surface area contributed by atoms with E-state index < -0.39 is 0 Å². The number of carbonyl (C=O) groups excluding carboxylic acids is 1. The third-order valence-corrected chi connectivity index (χ3v) is 11.9. The second kappa shape index (κ2) is 6.80. The molecule has 6 heteroatoms. The monoisotopic (exact) mass is 733 g/mol. The van der Waals surface area contributed by atoms with Gasteiger partial charge in [0.15, 0.2) is 0 Å². The van der Waals surface area contributed by atoms with Gasteiger partial charge in [0.25, 0.3) is 0 Å². The van der Waals surface area contributed by atoms with Crippen molar-refractivity contribution in [3.8, 4) is 0 Å². The van der Waals surface area contributed by atoms with Crippen LogP contribution in [-0.4, -0.2) is 76.7 Å². The molecule has 1 amide bonds. The first-order valence-electron chi connectivity index (χ1n) is 6.37. The molecule has 2 unspecified atom stereocenters. The van der Waals surface area contributed by atoms with E-state index in [4.69, 9.17) is 11.6 Å². The van der Waals surface area contributed by atoms with Gasteiger partial charge in [0.05, 0.1) is 0 Å². The summed E-state index contributed by atoms with van der Waals surface area (Å²) < 4.78 is -0.225. The quantitative estimate of drug-likeness (QED) is 0.401. The Labute approximate surface area is 198 Å². The Kier molecular flexibility index (Phi) is 6.54. The molecular formula is C13H14ClNORaRbRe. The van der Waals surface area contributed by atoms with Crippen LogP contribution in [0.2, 0.25) is 0 Å². The summed E-state index contributed by atoms with van der Waals surface area (Å²) in [6, 6.07) is 8.71. The van der Waals surface area contributed by atoms with Gasteiger partial charge in [-0.1, -0.05) is 0 Å². The molecule has 0 radical (unpaired) electrons. The molecule has 0 aromatic heterocycles. The van der Waals surface area contributed by atoms with Gasteiger partial charge in [-0.2, -0.15) is 0 Å². The predicted molar refractivity (Wildman–Crippen MR) is 69.6 cm³/mol. The van der Waals surface area contributed by atoms with E-state index in [2.05, 4.69) is 43.0 Å². The number of fused-ring (bicyclic) bond motifs is 1. The van der Waals surface area contributed by atoms with Gasteiger partial charge < -0.3 is 0 Å². The van der Waals surface area contributed by atoms with Gasteiger partial charge in [0.2, 0.25) is 0 Å². The number of nitrogens with zero attached hydrogens (tertiary/aromatic N) is 1. The van der Waals surface area contributed by atoms with Crippen LogP contribution in [0.1, 0.15) is 25.0 Å². The van der Waals surface area contributed by atoms with Crippen LogP contribution in [0.5, 0.6) is 0 Å². The average Bonchev–Trinajstić information content (AvgIpc) is 2.33. The number of hydrogen-bond acceptors (Lipinski definition) is 1. The number of amides is 1. The molecule has 0 fully saturated rings. The second-order valence-electron chi connectivity index (χ2n) is 6.21. The maximum atomic E-state index is 12.5. The molecule has 94 valence electrons. The molecule has 1 aliphatic heterocycles. The molecule has 2 atom stereocenters. The van der Waals surface area contributed by atoms with Gasteiger partial charge in [0.1, 0.15) is 0 Å². The van der Waals surface area contributed by atoms with E-state index in [0.717, 1.165) is 6.54 Å². The zero-order valence-electron chi connectivity index (χ0n) is 11.7. The van der Waals surface area contributed by atoms with Crippen molar-refractivity contribution in [2.45, 2.75) is 16.8 Å². The molecule has 1 aromatic rings. The summed E-state index contributed by atoms with van der Waals surface area (Å²) in [5, 5.41) is 0. The van der Waals surface area contributed by atoms with Crippen molar-refractivity contribution in [2.24, 2.45) is 0 Å². The molecule has 0 spiro atoms. The molecule has 0 aliphatic carbocycles. The fourth-order valence-electron chi connectivity index (χ4n) is 2.90. The molecule has 0 N–H and O–H groups in total. The number of benzene rings is 1. The number of halogens is 1. The van der Waals surface area contributed by atoms with Crippen molar-refractivity contribution >= 4 is 73.0 Å². The number of rotatable bonds is 1. The van der Waals surface area contributed by atoms with Crippen LogP contribution in [-0.2, 0) is 23.1 Å². The Morgan fingerprint density at radius 2 is 2.00 bits per heavy atom. The van der Waals surface area contributed by atoms with Crippen LogP contribution in [0.4, 0.5) is 0 Å². The standard InChI is InChI=1S/C13H13ClNO.Ra.Rb.Re.H/c1-13(2)9-15(12(16)7-14)8-10-5-3-4-6-11(10)13;;;;/h3-7H,9H2,1-2H3;;;;. The summed E-state index contributed by atoms with van der Waals surface area (Å²) >= 11 is 8.04. The fraction of sp³-hybridized carbons (Fsp3) is 0.462. The molecule has 1 aliphatic rings. The Morgan fingerprint density at radius 3 is 2.53 bits per heavy atom. The van der Waals surface area contributed by atoms with E-state index in [1.165, 1.54) is 30.3 Å². The molecule has 1 aromatic carbocycles. The average molecular weight is 733 g/mol. The SMILES string of the molecule is CC1(C)CN(C(=O)[CH](Cl)[Re])[C]([Rb])([RaH])c2ccccc21. The number of alkyl halides is 1. The minimum absolute atomic E-state index is 0.0284. The van der Waals surface area contributed by atoms with Crippen LogP contribution >= 0.6 is 11.6 Å². The first-order valence-corrected chi connectivity index (χ1v) is 14.9. The van der Waals surface area contributed by atoms with Gasteiger partial charge in [0, 0.05) is 0 Å². The molecule has 0 bridgehead atoms. The zero-order valence-corrected chi connectivity index (χ0v) is 28.3. The van der Waals surface area contributed by atoms with E-state index in [0.29, 0.717) is 55.5 Å². The topological polar surface area (TPSA) is 20.3 Å². The van der Waals surface area contributed by atoms with Crippen LogP contribution in [0.3, 0.4) is 0 Å². The minimum atomic E-state index is -0.360. The summed E-state index contributed by atoms with van der Waals surface area (Å²) in [4.78, 5) is 14.6. The van der Waals surface area contributed by atoms with Crippen LogP contribution < -0.4 is 0 Å². The Morgan fingerprint density at radius 1 is 1.47 bits per heavy atom. The van der Waals surface area contributed by atoms with Crippen LogP contribution in [0.25, 0.3) is 0 Å². The molecule has 2 rings (SSSR count). The predicted octanol–water partition coefficient (Wildman–Crippen LogP) is 1.48. The summed E-state index contributed by atoms with van der Waals surface area (Å²) in [5.74, 6) is 0.143. The van der Waals surface area contributed by atoms with Crippen LogP contribution in [0.15, 0.2) is 24.3 Å². The first-order chi connectivity index (χ1) is 8.68. The van der Waals surface area contributed by atoms with Crippen molar-refractivity contribution in [2.75, 3.05) is 6.54 Å². The Hall–Kier alpha value is 2.92. The molecular weight excluding hydrogens is 719 g/mol. The summed E-state index contributed by atoms with van der Waals surface area (Å²) in [7, 11) is 0. The normalized spacial score (nSPS) is 26.7. The summed E-state index contributed by atoms with van der Waals surface area (Å²) in [5.41, 5.74) is 2.89. The van der Waals surface area contributed by atoms with E-state index in [-0.39, 0.29) is 51.6 Å². The van der Waals surface area contributed by atoms with Crippen molar-refractivity contribution < 1.29 is 66.8 Å². The van der Waals surface area contributed by atoms with Crippen LogP contribution in [0, 0.1) is 42.8 Å². The molecule has 2 nitrogen and oxygen atoms in total. The Balaban J connectivity index is 2.57. The molecule has 19 heavy (non-hydrogen) atoms. The first kappa shape index (κ1) is 18.3. The van der Waals surface area contributed by atoms with E-state index in [1.807, 2.05) is 0 Å². The van der Waals surface area contributed by atoms with Gasteiger partial charge >= 0.3 is 203 Å². The number of hydrogen-bond donors (Lipinski definition) is 0. The third kappa shape index (κ3) is 3.71. The number of carbonyl (C=O) groups is 1. The van der Waals surface area contributed by atoms with Crippen molar-refractivity contribution in [3.05, 3.63) is 35.4 Å². The fourth-order valence-corrected chi connectivity index (χ4v) is 8.79. The summed E-state index contributed by atoms with van der Waals surface area (Å²) in [6.45, 7) is 5.29. The van der Waals surface area contributed by atoms with E-state index >= 15 is 0 Å². The molecule has 0 saturated carbocycles. The maximum absolute atomic E-state index is 12.5.